The van der Waals surface area contributed by atoms with E-state index in [1.807, 2.05) is 0 Å². The van der Waals surface area contributed by atoms with E-state index in [9.17, 15) is 127 Å². The van der Waals surface area contributed by atoms with Gasteiger partial charge in [-0.25, -0.2) is 4.57 Å². The fraction of sp³-hybridized carbons (Fsp3) is 1.00. The topological polar surface area (TPSA) is 632 Å². The largest absolute Gasteiger partial charge is 0.472 e. The van der Waals surface area contributed by atoms with Gasteiger partial charge in [-0.3, -0.25) is 9.05 Å². The molecular formula is C48H85O39PS. The van der Waals surface area contributed by atoms with Gasteiger partial charge >= 0.3 is 7.82 Å². The Kier molecular flexibility index (Phi) is 28.3. The molecule has 24 N–H and O–H groups in total. The number of unbranched alkanes of at least 4 members (excludes halogenated alkanes) is 3. The van der Waals surface area contributed by atoms with E-state index in [1.165, 1.54) is 0 Å². The molecular weight excluding hydrogens is 1260 g/mol. The average Bonchev–Trinajstić information content (AvgIpc) is 1.13. The lowest BCUT2D eigenvalue weighted by atomic mass is 9.84. The summed E-state index contributed by atoms with van der Waals surface area (Å²) < 4.78 is 92.1. The maximum atomic E-state index is 13.6. The van der Waals surface area contributed by atoms with E-state index in [0.29, 0.717) is 25.0 Å². The second-order valence-electron chi connectivity index (χ2n) is 22.4. The average molecular weight is 1350 g/mol. The van der Waals surface area contributed by atoms with Gasteiger partial charge in [0.25, 0.3) is 0 Å². The fourth-order valence-electron chi connectivity index (χ4n) is 10.9. The number of aliphatic hydroxyl groups excluding tert-OH is 23. The van der Waals surface area contributed by atoms with Crippen LogP contribution in [0.4, 0.5) is 0 Å². The van der Waals surface area contributed by atoms with Crippen molar-refractivity contribution in [3.05, 3.63) is 0 Å². The summed E-state index contributed by atoms with van der Waals surface area (Å²) in [4.78, 5) is 11.0. The van der Waals surface area contributed by atoms with E-state index in [-0.39, 0.29) is 6.42 Å². The Morgan fingerprint density at radius 1 is 0.315 bits per heavy atom. The van der Waals surface area contributed by atoms with Crippen molar-refractivity contribution in [3.63, 3.8) is 0 Å². The van der Waals surface area contributed by atoms with E-state index < -0.39 is 275 Å². The number of aliphatic hydroxyl groups is 23. The molecule has 0 aromatic heterocycles. The Morgan fingerprint density at radius 2 is 0.607 bits per heavy atom. The molecule has 522 valence electrons. The normalized spacial score (nSPS) is 49.9. The molecule has 37 atom stereocenters. The second kappa shape index (κ2) is 33.3. The number of ether oxygens (including phenoxy) is 12. The van der Waals surface area contributed by atoms with E-state index in [1.54, 1.807) is 0 Å². The predicted octanol–water partition coefficient (Wildman–Crippen LogP) is -14.3. The molecule has 16 unspecified atom stereocenters. The minimum Gasteiger partial charge on any atom is -0.394 e. The molecule has 6 heterocycles. The molecule has 41 heteroatoms. The molecule has 0 amide bonds. The maximum Gasteiger partial charge on any atom is 0.472 e. The minimum absolute atomic E-state index is 0.197. The van der Waals surface area contributed by atoms with Crippen molar-refractivity contribution in [1.29, 1.82) is 0 Å². The van der Waals surface area contributed by atoms with Crippen LogP contribution in [0, 0.1) is 0 Å². The van der Waals surface area contributed by atoms with Crippen LogP contribution in [0.3, 0.4) is 0 Å². The van der Waals surface area contributed by atoms with Crippen molar-refractivity contribution >= 4 is 20.5 Å². The van der Waals surface area contributed by atoms with Crippen molar-refractivity contribution in [1.82, 2.24) is 0 Å². The lowest BCUT2D eigenvalue weighted by Crippen LogP contribution is -2.69. The molecule has 0 radical (unpaired) electrons. The molecule has 0 aromatic carbocycles. The monoisotopic (exact) mass is 1350 g/mol. The van der Waals surface area contributed by atoms with Crippen LogP contribution in [-0.4, -0.2) is 395 Å². The van der Waals surface area contributed by atoms with Crippen molar-refractivity contribution in [3.8, 4) is 0 Å². The van der Waals surface area contributed by atoms with Gasteiger partial charge in [-0.15, -0.1) is 0 Å². The third kappa shape index (κ3) is 17.3. The molecule has 7 aliphatic rings. The number of rotatable bonds is 27. The molecule has 1 saturated carbocycles. The highest BCUT2D eigenvalue weighted by molar-refractivity contribution is 7.80. The van der Waals surface area contributed by atoms with Crippen LogP contribution in [-0.2, 0) is 70.5 Å². The fourth-order valence-corrected chi connectivity index (χ4v) is 12.1. The van der Waals surface area contributed by atoms with E-state index >= 15 is 0 Å². The van der Waals surface area contributed by atoms with Crippen LogP contribution >= 0.6 is 20.5 Å². The summed E-state index contributed by atoms with van der Waals surface area (Å²) in [6.45, 7) is -6.35. The Labute approximate surface area is 510 Å². The Hall–Kier alpha value is -0.940. The number of phosphoric ester groups is 1. The van der Waals surface area contributed by atoms with E-state index in [0.717, 1.165) is 0 Å². The zero-order chi connectivity index (χ0) is 65.7. The third-order valence-corrected chi connectivity index (χ3v) is 17.6. The van der Waals surface area contributed by atoms with Gasteiger partial charge in [-0.05, 0) is 18.6 Å². The molecule has 0 spiro atoms. The predicted molar refractivity (Wildman–Crippen MR) is 279 cm³/mol. The summed E-state index contributed by atoms with van der Waals surface area (Å²) in [7, 11) is -5.40. The molecule has 0 bridgehead atoms. The summed E-state index contributed by atoms with van der Waals surface area (Å²) >= 11 is 4.13. The van der Waals surface area contributed by atoms with Gasteiger partial charge in [0.1, 0.15) is 183 Å². The summed E-state index contributed by atoms with van der Waals surface area (Å²) in [6, 6.07) is 0. The van der Waals surface area contributed by atoms with Gasteiger partial charge in [0, 0.05) is 0 Å². The molecule has 1 aliphatic carbocycles. The Balaban J connectivity index is 1.07. The van der Waals surface area contributed by atoms with E-state index in [2.05, 4.69) is 12.6 Å². The standard InChI is InChI=1S/C48H85O39PS/c49-7-13-19(53)25(59)35(69)44(77-13)83-38-32(66)29(63)33(67)39(42(38)87-88(72,73)76-5-3-1-2-4-6-89)84-46-37(71)28(62)24(58)18(82-46)11-74-43-34(68)27(61)23(57)17(81-43)12-75-47-40(30(64)21(55)15(9-51)79-47)86-48-41(31(65)22(56)16(10-52)80-48)85-45-36(70)26(60)20(54)14(8-50)78-45/h13-71,89H,1-12H2,(H,72,73)/t13?,14?,15?,16?,17?,18?,19-,20-,21-,22-,23-,24-,25?,26?,27+,28?,29-,30?,31+,32-,33?,34?,35-,36-,37-,38?,39?,40-,41?,42-,43+,44-,45-,46-,47+,48-/m1/s1. The van der Waals surface area contributed by atoms with E-state index in [4.69, 9.17) is 65.9 Å². The molecule has 6 saturated heterocycles. The molecule has 6 aliphatic heterocycles. The smallest absolute Gasteiger partial charge is 0.394 e. The van der Waals surface area contributed by atoms with Crippen LogP contribution in [0.25, 0.3) is 0 Å². The first-order valence-corrected chi connectivity index (χ1v) is 30.6. The molecule has 89 heavy (non-hydrogen) atoms. The molecule has 39 nitrogen and oxygen atoms in total. The first kappa shape index (κ1) is 75.4. The summed E-state index contributed by atoms with van der Waals surface area (Å²) in [6.07, 6.45) is -73.2. The van der Waals surface area contributed by atoms with Crippen molar-refractivity contribution in [2.75, 3.05) is 52.0 Å². The highest BCUT2D eigenvalue weighted by atomic mass is 32.1. The summed E-state index contributed by atoms with van der Waals surface area (Å²) in [5, 5.41) is 247. The van der Waals surface area contributed by atoms with Crippen LogP contribution in [0.1, 0.15) is 25.7 Å². The first-order valence-electron chi connectivity index (χ1n) is 28.5. The van der Waals surface area contributed by atoms with Crippen LogP contribution in [0.2, 0.25) is 0 Å². The maximum absolute atomic E-state index is 13.6. The van der Waals surface area contributed by atoms with Crippen LogP contribution in [0.15, 0.2) is 0 Å². The lowest BCUT2D eigenvalue weighted by molar-refractivity contribution is -0.396. The summed E-state index contributed by atoms with van der Waals surface area (Å²) in [5.74, 6) is 0.553. The lowest BCUT2D eigenvalue weighted by Gasteiger charge is -2.49. The van der Waals surface area contributed by atoms with Crippen molar-refractivity contribution in [2.24, 2.45) is 0 Å². The van der Waals surface area contributed by atoms with Gasteiger partial charge in [-0.2, -0.15) is 12.6 Å². The number of phosphoric acid groups is 1. The second-order valence-corrected chi connectivity index (χ2v) is 24.2. The molecule has 7 rings (SSSR count). The van der Waals surface area contributed by atoms with Gasteiger partial charge in [0.2, 0.25) is 0 Å². The van der Waals surface area contributed by atoms with Crippen molar-refractivity contribution in [2.45, 2.75) is 247 Å². The van der Waals surface area contributed by atoms with Crippen molar-refractivity contribution < 1.29 is 193 Å². The minimum atomic E-state index is -5.40. The first-order chi connectivity index (χ1) is 42.1. The van der Waals surface area contributed by atoms with Gasteiger partial charge in [0.05, 0.1) is 46.2 Å². The SMILES string of the molecule is O=P(O)(OCCCCCCS)O[C@H]1C(O[C@H]2OC(CO[C@H]3OC(CO[C@H]4OC(CO)[C@@H](O)C(O)[C@H]4O[C@H]4OC(CO)[C@@H](O)[C@H](O)C4O[C@H]4OC(CO)[C@@H](O)C(O)[C@H]4O)[C@@H](O)[C@H](O)C3O)[C@@H](O)C(O)[C@H]2O)C(O)[C@H](O)[C@@H](O)C1O[C@H]1OC(CO)[C@@H](O)C(O)[C@H]1O. The third-order valence-electron chi connectivity index (χ3n) is 16.3. The quantitative estimate of drug-likeness (QED) is 0.0206. The van der Waals surface area contributed by atoms with Gasteiger partial charge < -0.3 is 179 Å². The van der Waals surface area contributed by atoms with Gasteiger partial charge in [0.15, 0.2) is 37.7 Å². The summed E-state index contributed by atoms with van der Waals surface area (Å²) in [5.41, 5.74) is 0. The number of hydrogen-bond acceptors (Lipinski definition) is 39. The highest BCUT2D eigenvalue weighted by Gasteiger charge is 2.60. The highest BCUT2D eigenvalue weighted by Crippen LogP contribution is 2.49. The van der Waals surface area contributed by atoms with Crippen LogP contribution < -0.4 is 0 Å². The Bertz CT molecular complexity index is 2160. The molecule has 0 aromatic rings. The zero-order valence-corrected chi connectivity index (χ0v) is 48.8. The van der Waals surface area contributed by atoms with Crippen LogP contribution in [0.5, 0.6) is 0 Å². The number of thiol groups is 1. The molecule has 7 fully saturated rings. The zero-order valence-electron chi connectivity index (χ0n) is 47.0. The Morgan fingerprint density at radius 3 is 1.03 bits per heavy atom. The van der Waals surface area contributed by atoms with Gasteiger partial charge in [-0.1, -0.05) is 12.8 Å². The number of hydrogen-bond donors (Lipinski definition) is 25.